The topological polar surface area (TPSA) is 79.2 Å². The molecule has 2 unspecified atom stereocenters. The van der Waals surface area contributed by atoms with Crippen molar-refractivity contribution in [1.82, 2.24) is 20.2 Å². The molecule has 3 N–H and O–H groups in total. The number of amides is 2. The van der Waals surface area contributed by atoms with Gasteiger partial charge in [0.25, 0.3) is 0 Å². The van der Waals surface area contributed by atoms with Crippen molar-refractivity contribution in [3.63, 3.8) is 0 Å². The van der Waals surface area contributed by atoms with Crippen LogP contribution in [0.5, 0.6) is 0 Å². The van der Waals surface area contributed by atoms with Gasteiger partial charge in [-0.25, -0.2) is 14.2 Å². The van der Waals surface area contributed by atoms with E-state index in [2.05, 4.69) is 15.6 Å². The van der Waals surface area contributed by atoms with E-state index < -0.39 is 5.60 Å². The Morgan fingerprint density at radius 3 is 2.74 bits per heavy atom. The quantitative estimate of drug-likeness (QED) is 0.757. The van der Waals surface area contributed by atoms with Gasteiger partial charge in [-0.1, -0.05) is 12.1 Å². The van der Waals surface area contributed by atoms with Crippen LogP contribution in [0.4, 0.5) is 9.18 Å². The number of aromatic nitrogens is 2. The van der Waals surface area contributed by atoms with Crippen LogP contribution in [0.3, 0.4) is 0 Å². The third-order valence-corrected chi connectivity index (χ3v) is 3.48. The number of carbonyl (C=O) groups excluding carboxylic acids is 1. The minimum Gasteiger partial charge on any atom is -0.384 e. The van der Waals surface area contributed by atoms with E-state index in [-0.39, 0.29) is 24.4 Å². The SMILES string of the molecule is CC(Cn1ccnc1)NC(=O)NCC(C)(O)c1ccc(F)cc1. The molecule has 23 heavy (non-hydrogen) atoms. The molecule has 0 aliphatic heterocycles. The first kappa shape index (κ1) is 17.0. The van der Waals surface area contributed by atoms with Gasteiger partial charge in [0.05, 0.1) is 12.9 Å². The molecule has 0 fully saturated rings. The lowest BCUT2D eigenvalue weighted by Crippen LogP contribution is -2.47. The van der Waals surface area contributed by atoms with E-state index in [1.165, 1.54) is 24.3 Å². The fourth-order valence-corrected chi connectivity index (χ4v) is 2.19. The molecule has 124 valence electrons. The van der Waals surface area contributed by atoms with Gasteiger partial charge >= 0.3 is 6.03 Å². The van der Waals surface area contributed by atoms with E-state index in [0.29, 0.717) is 12.1 Å². The van der Waals surface area contributed by atoms with E-state index in [4.69, 9.17) is 0 Å². The van der Waals surface area contributed by atoms with Crippen LogP contribution in [0.2, 0.25) is 0 Å². The number of carbonyl (C=O) groups is 1. The molecule has 2 rings (SSSR count). The molecule has 7 heteroatoms. The Hall–Kier alpha value is -2.41. The summed E-state index contributed by atoms with van der Waals surface area (Å²) in [6, 6.07) is 5.07. The van der Waals surface area contributed by atoms with E-state index >= 15 is 0 Å². The van der Waals surface area contributed by atoms with Crippen LogP contribution in [0.15, 0.2) is 43.0 Å². The summed E-state index contributed by atoms with van der Waals surface area (Å²) in [6.45, 7) is 4.05. The maximum atomic E-state index is 12.9. The molecule has 0 aliphatic rings. The zero-order valence-electron chi connectivity index (χ0n) is 13.2. The molecule has 2 atom stereocenters. The molecule has 1 heterocycles. The Kier molecular flexibility index (Phi) is 5.33. The number of nitrogens with one attached hydrogen (secondary N) is 2. The highest BCUT2D eigenvalue weighted by Crippen LogP contribution is 2.19. The molecule has 2 amide bonds. The van der Waals surface area contributed by atoms with Crippen molar-refractivity contribution in [3.8, 4) is 0 Å². The summed E-state index contributed by atoms with van der Waals surface area (Å²) in [4.78, 5) is 15.8. The zero-order chi connectivity index (χ0) is 16.9. The summed E-state index contributed by atoms with van der Waals surface area (Å²) >= 11 is 0. The molecule has 1 aromatic carbocycles. The van der Waals surface area contributed by atoms with Gasteiger partial charge in [-0.2, -0.15) is 0 Å². The number of urea groups is 1. The van der Waals surface area contributed by atoms with Crippen molar-refractivity contribution >= 4 is 6.03 Å². The van der Waals surface area contributed by atoms with Crippen LogP contribution in [0.25, 0.3) is 0 Å². The maximum Gasteiger partial charge on any atom is 0.315 e. The number of halogens is 1. The van der Waals surface area contributed by atoms with Gasteiger partial charge in [0.15, 0.2) is 0 Å². The Labute approximate surface area is 134 Å². The first-order chi connectivity index (χ1) is 10.9. The molecule has 0 saturated carbocycles. The first-order valence-corrected chi connectivity index (χ1v) is 7.35. The van der Waals surface area contributed by atoms with Crippen LogP contribution in [0.1, 0.15) is 19.4 Å². The molecule has 1 aromatic heterocycles. The normalized spacial score (nSPS) is 14.8. The van der Waals surface area contributed by atoms with Crippen LogP contribution in [-0.4, -0.2) is 33.3 Å². The van der Waals surface area contributed by atoms with Gasteiger partial charge in [-0.3, -0.25) is 0 Å². The van der Waals surface area contributed by atoms with Crippen LogP contribution >= 0.6 is 0 Å². The number of aliphatic hydroxyl groups is 1. The van der Waals surface area contributed by atoms with Gasteiger partial charge in [0.2, 0.25) is 0 Å². The molecule has 0 spiro atoms. The van der Waals surface area contributed by atoms with Crippen molar-refractivity contribution in [2.75, 3.05) is 6.54 Å². The fourth-order valence-electron chi connectivity index (χ4n) is 2.19. The predicted octanol–water partition coefficient (Wildman–Crippen LogP) is 1.62. The second-order valence-electron chi connectivity index (χ2n) is 5.77. The highest BCUT2D eigenvalue weighted by atomic mass is 19.1. The van der Waals surface area contributed by atoms with Crippen molar-refractivity contribution in [1.29, 1.82) is 0 Å². The monoisotopic (exact) mass is 320 g/mol. The number of rotatable bonds is 6. The molecule has 0 bridgehead atoms. The molecular weight excluding hydrogens is 299 g/mol. The third-order valence-electron chi connectivity index (χ3n) is 3.48. The van der Waals surface area contributed by atoms with Gasteiger partial charge in [-0.15, -0.1) is 0 Å². The molecular formula is C16H21FN4O2. The molecule has 0 saturated heterocycles. The number of imidazole rings is 1. The summed E-state index contributed by atoms with van der Waals surface area (Å²) in [6.07, 6.45) is 5.16. The Morgan fingerprint density at radius 2 is 2.13 bits per heavy atom. The van der Waals surface area contributed by atoms with E-state index in [1.54, 1.807) is 19.4 Å². The first-order valence-electron chi connectivity index (χ1n) is 7.35. The number of benzene rings is 1. The van der Waals surface area contributed by atoms with Crippen molar-refractivity contribution in [2.45, 2.75) is 32.0 Å². The van der Waals surface area contributed by atoms with Crippen molar-refractivity contribution in [2.24, 2.45) is 0 Å². The summed E-state index contributed by atoms with van der Waals surface area (Å²) < 4.78 is 14.8. The third kappa shape index (κ3) is 5.07. The second-order valence-corrected chi connectivity index (χ2v) is 5.77. The smallest absolute Gasteiger partial charge is 0.315 e. The standard InChI is InChI=1S/C16H21FN4O2/c1-12(9-21-8-7-18-11-21)20-15(22)19-10-16(2,23)13-3-5-14(17)6-4-13/h3-8,11-12,23H,9-10H2,1-2H3,(H2,19,20,22). The Balaban J connectivity index is 1.82. The van der Waals surface area contributed by atoms with Gasteiger partial charge in [0.1, 0.15) is 11.4 Å². The van der Waals surface area contributed by atoms with Gasteiger partial charge < -0.3 is 20.3 Å². The lowest BCUT2D eigenvalue weighted by molar-refractivity contribution is 0.0592. The number of nitrogens with zero attached hydrogens (tertiary/aromatic N) is 2. The van der Waals surface area contributed by atoms with Gasteiger partial charge in [0, 0.05) is 25.0 Å². The van der Waals surface area contributed by atoms with E-state index in [0.717, 1.165) is 0 Å². The summed E-state index contributed by atoms with van der Waals surface area (Å²) in [7, 11) is 0. The maximum absolute atomic E-state index is 12.9. The number of hydrogen-bond acceptors (Lipinski definition) is 3. The fraction of sp³-hybridized carbons (Fsp3) is 0.375. The second kappa shape index (κ2) is 7.23. The largest absolute Gasteiger partial charge is 0.384 e. The lowest BCUT2D eigenvalue weighted by atomic mass is 9.96. The summed E-state index contributed by atoms with van der Waals surface area (Å²) in [5.74, 6) is -0.372. The minimum atomic E-state index is -1.28. The molecule has 0 aliphatic carbocycles. The minimum absolute atomic E-state index is 0.0161. The van der Waals surface area contributed by atoms with Crippen LogP contribution in [0, 0.1) is 5.82 Å². The molecule has 0 radical (unpaired) electrons. The van der Waals surface area contributed by atoms with Crippen molar-refractivity contribution in [3.05, 3.63) is 54.4 Å². The zero-order valence-corrected chi connectivity index (χ0v) is 13.2. The van der Waals surface area contributed by atoms with Crippen molar-refractivity contribution < 1.29 is 14.3 Å². The van der Waals surface area contributed by atoms with Crippen LogP contribution < -0.4 is 10.6 Å². The van der Waals surface area contributed by atoms with E-state index in [9.17, 15) is 14.3 Å². The predicted molar refractivity (Wildman–Crippen MR) is 84.2 cm³/mol. The van der Waals surface area contributed by atoms with Crippen LogP contribution in [-0.2, 0) is 12.1 Å². The molecule has 6 nitrogen and oxygen atoms in total. The summed E-state index contributed by atoms with van der Waals surface area (Å²) in [5.41, 5.74) is -0.746. The highest BCUT2D eigenvalue weighted by Gasteiger charge is 2.24. The van der Waals surface area contributed by atoms with Gasteiger partial charge in [-0.05, 0) is 31.5 Å². The Bertz CT molecular complexity index is 626. The Morgan fingerprint density at radius 1 is 1.43 bits per heavy atom. The average Bonchev–Trinajstić information content (AvgIpc) is 2.98. The highest BCUT2D eigenvalue weighted by molar-refractivity contribution is 5.74. The number of hydrogen-bond donors (Lipinski definition) is 3. The molecule has 2 aromatic rings. The summed E-state index contributed by atoms with van der Waals surface area (Å²) in [5, 5.41) is 15.8. The lowest BCUT2D eigenvalue weighted by Gasteiger charge is -2.25. The van der Waals surface area contributed by atoms with E-state index in [1.807, 2.05) is 17.7 Å². The average molecular weight is 320 g/mol.